The Hall–Kier alpha value is -1.79. The standard InChI is InChI=1S/C15H14N2S/c1-10-4-5-11(2)14(8-10)18-15-13(9-16)7-6-12(3)17-15/h4-8H,1-3H3. The molecule has 0 radical (unpaired) electrons. The smallest absolute Gasteiger partial charge is 0.119 e. The maximum atomic E-state index is 9.11. The Bertz CT molecular complexity index is 627. The molecule has 0 aliphatic heterocycles. The zero-order valence-corrected chi connectivity index (χ0v) is 11.5. The summed E-state index contributed by atoms with van der Waals surface area (Å²) in [5, 5.41) is 9.89. The topological polar surface area (TPSA) is 36.7 Å². The summed E-state index contributed by atoms with van der Waals surface area (Å²) in [4.78, 5) is 5.61. The van der Waals surface area contributed by atoms with Crippen LogP contribution in [0.4, 0.5) is 0 Å². The van der Waals surface area contributed by atoms with Crippen LogP contribution in [0.15, 0.2) is 40.3 Å². The molecule has 1 heterocycles. The Kier molecular flexibility index (Phi) is 3.69. The Morgan fingerprint density at radius 1 is 1.11 bits per heavy atom. The van der Waals surface area contributed by atoms with Gasteiger partial charge in [0, 0.05) is 10.6 Å². The molecule has 3 heteroatoms. The van der Waals surface area contributed by atoms with Crippen molar-refractivity contribution in [3.63, 3.8) is 0 Å². The second kappa shape index (κ2) is 5.24. The molecule has 2 nitrogen and oxygen atoms in total. The SMILES string of the molecule is Cc1ccc(C)c(Sc2nc(C)ccc2C#N)c1. The summed E-state index contributed by atoms with van der Waals surface area (Å²) in [6.07, 6.45) is 0. The van der Waals surface area contributed by atoms with Crippen LogP contribution in [0.1, 0.15) is 22.4 Å². The minimum Gasteiger partial charge on any atom is -0.245 e. The average molecular weight is 254 g/mol. The van der Waals surface area contributed by atoms with E-state index in [0.717, 1.165) is 15.6 Å². The second-order valence-corrected chi connectivity index (χ2v) is 5.32. The molecule has 0 atom stereocenters. The highest BCUT2D eigenvalue weighted by atomic mass is 32.2. The first-order chi connectivity index (χ1) is 8.60. The van der Waals surface area contributed by atoms with E-state index in [-0.39, 0.29) is 0 Å². The van der Waals surface area contributed by atoms with Crippen LogP contribution in [0, 0.1) is 32.1 Å². The van der Waals surface area contributed by atoms with Crippen molar-refractivity contribution in [1.29, 1.82) is 5.26 Å². The molecular formula is C15H14N2S. The van der Waals surface area contributed by atoms with Crippen molar-refractivity contribution in [2.24, 2.45) is 0 Å². The highest BCUT2D eigenvalue weighted by molar-refractivity contribution is 7.99. The van der Waals surface area contributed by atoms with Gasteiger partial charge in [-0.25, -0.2) is 4.98 Å². The van der Waals surface area contributed by atoms with Crippen molar-refractivity contribution < 1.29 is 0 Å². The number of nitrogens with zero attached hydrogens (tertiary/aromatic N) is 2. The third-order valence-electron chi connectivity index (χ3n) is 2.67. The lowest BCUT2D eigenvalue weighted by atomic mass is 10.2. The summed E-state index contributed by atoms with van der Waals surface area (Å²) in [6.45, 7) is 6.08. The van der Waals surface area contributed by atoms with Crippen LogP contribution >= 0.6 is 11.8 Å². The van der Waals surface area contributed by atoms with E-state index in [1.165, 1.54) is 11.1 Å². The number of rotatable bonds is 2. The fraction of sp³-hybridized carbons (Fsp3) is 0.200. The van der Waals surface area contributed by atoms with Crippen LogP contribution in [0.3, 0.4) is 0 Å². The van der Waals surface area contributed by atoms with Crippen LogP contribution in [0.5, 0.6) is 0 Å². The van der Waals surface area contributed by atoms with Gasteiger partial charge >= 0.3 is 0 Å². The highest BCUT2D eigenvalue weighted by Gasteiger charge is 2.08. The number of benzene rings is 1. The first-order valence-corrected chi connectivity index (χ1v) is 6.54. The first kappa shape index (κ1) is 12.7. The first-order valence-electron chi connectivity index (χ1n) is 5.73. The molecular weight excluding hydrogens is 240 g/mol. The van der Waals surface area contributed by atoms with Gasteiger partial charge in [-0.3, -0.25) is 0 Å². The van der Waals surface area contributed by atoms with Gasteiger partial charge in [0.25, 0.3) is 0 Å². The van der Waals surface area contributed by atoms with Gasteiger partial charge < -0.3 is 0 Å². The summed E-state index contributed by atoms with van der Waals surface area (Å²) >= 11 is 1.56. The predicted molar refractivity (Wildman–Crippen MR) is 73.7 cm³/mol. The van der Waals surface area contributed by atoms with Crippen molar-refractivity contribution in [2.75, 3.05) is 0 Å². The lowest BCUT2D eigenvalue weighted by Gasteiger charge is -2.08. The Balaban J connectivity index is 2.43. The summed E-state index contributed by atoms with van der Waals surface area (Å²) in [7, 11) is 0. The fourth-order valence-corrected chi connectivity index (χ4v) is 2.71. The fourth-order valence-electron chi connectivity index (χ4n) is 1.62. The molecule has 0 unspecified atom stereocenters. The van der Waals surface area contributed by atoms with Gasteiger partial charge in [-0.2, -0.15) is 5.26 Å². The molecule has 0 fully saturated rings. The van der Waals surface area contributed by atoms with Gasteiger partial charge in [-0.05, 0) is 50.1 Å². The van der Waals surface area contributed by atoms with E-state index >= 15 is 0 Å². The molecule has 0 aliphatic carbocycles. The number of hydrogen-bond donors (Lipinski definition) is 0. The summed E-state index contributed by atoms with van der Waals surface area (Å²) in [5.74, 6) is 0. The molecule has 0 saturated carbocycles. The van der Waals surface area contributed by atoms with Crippen LogP contribution in [-0.2, 0) is 0 Å². The molecule has 2 aromatic rings. The molecule has 0 aliphatic rings. The van der Waals surface area contributed by atoms with E-state index < -0.39 is 0 Å². The van der Waals surface area contributed by atoms with E-state index in [1.54, 1.807) is 11.8 Å². The predicted octanol–water partition coefficient (Wildman–Crippen LogP) is 4.03. The van der Waals surface area contributed by atoms with Crippen molar-refractivity contribution in [3.8, 4) is 6.07 Å². The lowest BCUT2D eigenvalue weighted by Crippen LogP contribution is -1.90. The van der Waals surface area contributed by atoms with Crippen LogP contribution in [0.2, 0.25) is 0 Å². The molecule has 0 spiro atoms. The maximum Gasteiger partial charge on any atom is 0.119 e. The minimum absolute atomic E-state index is 0.631. The molecule has 90 valence electrons. The van der Waals surface area contributed by atoms with Crippen LogP contribution < -0.4 is 0 Å². The lowest BCUT2D eigenvalue weighted by molar-refractivity contribution is 1.05. The Morgan fingerprint density at radius 2 is 1.89 bits per heavy atom. The summed E-state index contributed by atoms with van der Waals surface area (Å²) in [6, 6.07) is 12.2. The van der Waals surface area contributed by atoms with Gasteiger partial charge in [0.1, 0.15) is 11.1 Å². The van der Waals surface area contributed by atoms with Gasteiger partial charge in [-0.1, -0.05) is 23.9 Å². The van der Waals surface area contributed by atoms with E-state index in [1.807, 2.05) is 19.1 Å². The van der Waals surface area contributed by atoms with E-state index in [0.29, 0.717) is 5.56 Å². The van der Waals surface area contributed by atoms with Gasteiger partial charge in [0.05, 0.1) is 5.56 Å². The molecule has 0 saturated heterocycles. The van der Waals surface area contributed by atoms with Crippen LogP contribution in [0.25, 0.3) is 0 Å². The van der Waals surface area contributed by atoms with Crippen molar-refractivity contribution >= 4 is 11.8 Å². The molecule has 1 aromatic heterocycles. The largest absolute Gasteiger partial charge is 0.245 e. The molecule has 1 aromatic carbocycles. The number of pyridine rings is 1. The van der Waals surface area contributed by atoms with E-state index in [9.17, 15) is 0 Å². The van der Waals surface area contributed by atoms with Crippen molar-refractivity contribution in [3.05, 3.63) is 52.7 Å². The number of aryl methyl sites for hydroxylation is 3. The van der Waals surface area contributed by atoms with Crippen LogP contribution in [-0.4, -0.2) is 4.98 Å². The number of hydrogen-bond acceptors (Lipinski definition) is 3. The third kappa shape index (κ3) is 2.72. The molecule has 0 N–H and O–H groups in total. The second-order valence-electron chi connectivity index (χ2n) is 4.29. The van der Waals surface area contributed by atoms with Crippen molar-refractivity contribution in [1.82, 2.24) is 4.98 Å². The van der Waals surface area contributed by atoms with Crippen molar-refractivity contribution in [2.45, 2.75) is 30.7 Å². The molecule has 18 heavy (non-hydrogen) atoms. The molecule has 0 bridgehead atoms. The zero-order chi connectivity index (χ0) is 13.1. The number of nitriles is 1. The summed E-state index contributed by atoms with van der Waals surface area (Å²) in [5.41, 5.74) is 3.99. The third-order valence-corrected chi connectivity index (χ3v) is 3.83. The Morgan fingerprint density at radius 3 is 2.61 bits per heavy atom. The quantitative estimate of drug-likeness (QED) is 0.812. The van der Waals surface area contributed by atoms with Gasteiger partial charge in [0.15, 0.2) is 0 Å². The van der Waals surface area contributed by atoms with Gasteiger partial charge in [0.2, 0.25) is 0 Å². The number of aromatic nitrogens is 1. The molecule has 0 amide bonds. The minimum atomic E-state index is 0.631. The normalized spacial score (nSPS) is 10.1. The highest BCUT2D eigenvalue weighted by Crippen LogP contribution is 2.31. The average Bonchev–Trinajstić information content (AvgIpc) is 2.34. The van der Waals surface area contributed by atoms with E-state index in [2.05, 4.69) is 43.1 Å². The summed E-state index contributed by atoms with van der Waals surface area (Å²) < 4.78 is 0. The monoisotopic (exact) mass is 254 g/mol. The Labute approximate surface area is 112 Å². The molecule has 2 rings (SSSR count). The van der Waals surface area contributed by atoms with Gasteiger partial charge in [-0.15, -0.1) is 0 Å². The zero-order valence-electron chi connectivity index (χ0n) is 10.7. The maximum absolute atomic E-state index is 9.11. The van der Waals surface area contributed by atoms with E-state index in [4.69, 9.17) is 5.26 Å².